The molecule has 2 saturated carbocycles. The van der Waals surface area contributed by atoms with Crippen LogP contribution in [0.15, 0.2) is 84.9 Å². The number of primary amides is 1. The van der Waals surface area contributed by atoms with Gasteiger partial charge in [0.05, 0.1) is 25.3 Å². The number of fused-ring (bicyclic) bond motifs is 2. The fraction of sp³-hybridized carbons (Fsp3) is 0.438. The average molecular weight is 769 g/mol. The van der Waals surface area contributed by atoms with E-state index in [-0.39, 0.29) is 36.7 Å². The van der Waals surface area contributed by atoms with Crippen molar-refractivity contribution in [3.05, 3.63) is 129 Å². The normalized spacial score (nSPS) is 17.5. The number of amides is 3. The van der Waals surface area contributed by atoms with Gasteiger partial charge in [-0.2, -0.15) is 0 Å². The highest BCUT2D eigenvalue weighted by molar-refractivity contribution is 5.94. The maximum atomic E-state index is 14.0. The van der Waals surface area contributed by atoms with E-state index >= 15 is 0 Å². The van der Waals surface area contributed by atoms with Crippen LogP contribution < -0.4 is 15.2 Å². The molecule has 8 rings (SSSR count). The van der Waals surface area contributed by atoms with Crippen molar-refractivity contribution in [1.82, 2.24) is 14.7 Å². The Morgan fingerprint density at radius 3 is 1.79 bits per heavy atom. The second kappa shape index (κ2) is 17.1. The lowest BCUT2D eigenvalue weighted by atomic mass is 9.91. The average Bonchev–Trinajstić information content (AvgIpc) is 4.18. The first-order chi connectivity index (χ1) is 27.7. The second-order valence-electron chi connectivity index (χ2n) is 16.8. The minimum absolute atomic E-state index is 0.00921. The van der Waals surface area contributed by atoms with Gasteiger partial charge in [-0.25, -0.2) is 0 Å². The minimum Gasteiger partial charge on any atom is -0.493 e. The molecule has 2 aliphatic heterocycles. The van der Waals surface area contributed by atoms with Crippen LogP contribution in [0.2, 0.25) is 0 Å². The predicted molar refractivity (Wildman–Crippen MR) is 221 cm³/mol. The summed E-state index contributed by atoms with van der Waals surface area (Å²) >= 11 is 0. The molecule has 9 nitrogen and oxygen atoms in total. The molecule has 0 aromatic heterocycles. The standard InChI is InChI=1S/C48H56N4O5/c1-32(38-9-11-42-28-50(23-21-40(42)25-38)27-34-7-15-44(16-8-34)56-30-35-3-4-35)52(47(54)20-19-46(49)53)33(2)39-10-12-43-29-51(24-22-41(43)26-39)48(55)37-13-17-45(18-14-37)57-31-36-5-6-36/h7-18,25-26,32-33,35-36H,3-6,19-24,27-31H2,1-2H3,(H2,49,53). The molecule has 2 N–H and O–H groups in total. The molecule has 2 fully saturated rings. The number of carbonyl (C=O) groups is 3. The molecule has 4 aliphatic rings. The van der Waals surface area contributed by atoms with E-state index in [9.17, 15) is 14.4 Å². The van der Waals surface area contributed by atoms with Gasteiger partial charge >= 0.3 is 0 Å². The van der Waals surface area contributed by atoms with E-state index in [1.54, 1.807) is 0 Å². The first-order valence-electron chi connectivity index (χ1n) is 21.0. The molecule has 57 heavy (non-hydrogen) atoms. The monoisotopic (exact) mass is 768 g/mol. The van der Waals surface area contributed by atoms with Crippen molar-refractivity contribution in [3.63, 3.8) is 0 Å². The quantitative estimate of drug-likeness (QED) is 0.124. The van der Waals surface area contributed by atoms with E-state index < -0.39 is 5.91 Å². The van der Waals surface area contributed by atoms with Gasteiger partial charge in [-0.15, -0.1) is 0 Å². The van der Waals surface area contributed by atoms with Gasteiger partial charge in [-0.3, -0.25) is 19.3 Å². The van der Waals surface area contributed by atoms with Crippen LogP contribution in [0.25, 0.3) is 0 Å². The summed E-state index contributed by atoms with van der Waals surface area (Å²) in [5.41, 5.74) is 14.5. The third kappa shape index (κ3) is 9.70. The van der Waals surface area contributed by atoms with E-state index in [2.05, 4.69) is 79.4 Å². The molecule has 2 heterocycles. The molecule has 0 bridgehead atoms. The van der Waals surface area contributed by atoms with E-state index in [0.717, 1.165) is 79.8 Å². The highest BCUT2D eigenvalue weighted by Crippen LogP contribution is 2.36. The Balaban J connectivity index is 0.923. The van der Waals surface area contributed by atoms with E-state index in [4.69, 9.17) is 15.2 Å². The Hall–Kier alpha value is -5.15. The molecule has 2 atom stereocenters. The molecule has 9 heteroatoms. The Morgan fingerprint density at radius 2 is 1.23 bits per heavy atom. The highest BCUT2D eigenvalue weighted by atomic mass is 16.5. The number of rotatable bonds is 16. The molecule has 2 aliphatic carbocycles. The van der Waals surface area contributed by atoms with Crippen molar-refractivity contribution in [1.29, 1.82) is 0 Å². The number of ether oxygens (including phenoxy) is 2. The van der Waals surface area contributed by atoms with E-state index in [0.29, 0.717) is 24.6 Å². The molecule has 298 valence electrons. The molecular formula is C48H56N4O5. The summed E-state index contributed by atoms with van der Waals surface area (Å²) in [5, 5.41) is 0. The maximum absolute atomic E-state index is 14.0. The second-order valence-corrected chi connectivity index (χ2v) is 16.8. The zero-order valence-electron chi connectivity index (χ0n) is 33.5. The summed E-state index contributed by atoms with van der Waals surface area (Å²) in [4.78, 5) is 45.5. The van der Waals surface area contributed by atoms with Crippen molar-refractivity contribution in [2.45, 2.75) is 96.9 Å². The Bertz CT molecular complexity index is 2070. The van der Waals surface area contributed by atoms with Gasteiger partial charge in [0.25, 0.3) is 5.91 Å². The summed E-state index contributed by atoms with van der Waals surface area (Å²) in [6.07, 6.45) is 6.80. The molecular weight excluding hydrogens is 713 g/mol. The maximum Gasteiger partial charge on any atom is 0.254 e. The topological polar surface area (TPSA) is 105 Å². The van der Waals surface area contributed by atoms with Crippen molar-refractivity contribution in [2.75, 3.05) is 26.3 Å². The van der Waals surface area contributed by atoms with E-state index in [1.165, 1.54) is 47.9 Å². The Kier molecular flexibility index (Phi) is 11.6. The van der Waals surface area contributed by atoms with Crippen LogP contribution in [0.4, 0.5) is 0 Å². The lowest BCUT2D eigenvalue weighted by Gasteiger charge is -2.37. The molecule has 4 aromatic carbocycles. The van der Waals surface area contributed by atoms with Gasteiger partial charge < -0.3 is 25.0 Å². The van der Waals surface area contributed by atoms with Crippen LogP contribution in [-0.2, 0) is 42.1 Å². The van der Waals surface area contributed by atoms with Crippen molar-refractivity contribution < 1.29 is 23.9 Å². The van der Waals surface area contributed by atoms with Crippen LogP contribution in [0, 0.1) is 11.8 Å². The lowest BCUT2D eigenvalue weighted by Crippen LogP contribution is -2.37. The molecule has 0 saturated heterocycles. The number of hydrogen-bond acceptors (Lipinski definition) is 6. The highest BCUT2D eigenvalue weighted by Gasteiger charge is 2.30. The van der Waals surface area contributed by atoms with E-state index in [1.807, 2.05) is 34.1 Å². The minimum atomic E-state index is -0.481. The van der Waals surface area contributed by atoms with Crippen LogP contribution in [0.3, 0.4) is 0 Å². The number of nitrogens with zero attached hydrogens (tertiary/aromatic N) is 3. The molecule has 3 amide bonds. The van der Waals surface area contributed by atoms with Gasteiger partial charge in [0.2, 0.25) is 11.8 Å². The molecule has 4 aromatic rings. The van der Waals surface area contributed by atoms with Crippen molar-refractivity contribution in [2.24, 2.45) is 17.6 Å². The number of hydrogen-bond donors (Lipinski definition) is 1. The van der Waals surface area contributed by atoms with Gasteiger partial charge in [0, 0.05) is 51.1 Å². The van der Waals surface area contributed by atoms with Crippen LogP contribution in [0.5, 0.6) is 11.5 Å². The van der Waals surface area contributed by atoms with Gasteiger partial charge in [-0.1, -0.05) is 48.5 Å². The third-order valence-electron chi connectivity index (χ3n) is 12.3. The summed E-state index contributed by atoms with van der Waals surface area (Å²) in [7, 11) is 0. The molecule has 0 radical (unpaired) electrons. The molecule has 0 spiro atoms. The first-order valence-corrected chi connectivity index (χ1v) is 21.0. The number of nitrogens with two attached hydrogens (primary N) is 1. The van der Waals surface area contributed by atoms with Crippen molar-refractivity contribution >= 4 is 17.7 Å². The van der Waals surface area contributed by atoms with Gasteiger partial charge in [0.15, 0.2) is 0 Å². The van der Waals surface area contributed by atoms with Crippen molar-refractivity contribution in [3.8, 4) is 11.5 Å². The number of carbonyl (C=O) groups excluding carboxylic acids is 3. The zero-order valence-corrected chi connectivity index (χ0v) is 33.5. The van der Waals surface area contributed by atoms with Gasteiger partial charge in [-0.05, 0) is 140 Å². The largest absolute Gasteiger partial charge is 0.493 e. The van der Waals surface area contributed by atoms with Crippen LogP contribution in [0.1, 0.15) is 114 Å². The number of benzene rings is 4. The van der Waals surface area contributed by atoms with Gasteiger partial charge in [0.1, 0.15) is 11.5 Å². The molecule has 2 unspecified atom stereocenters. The smallest absolute Gasteiger partial charge is 0.254 e. The Labute approximate surface area is 337 Å². The predicted octanol–water partition coefficient (Wildman–Crippen LogP) is 7.94. The summed E-state index contributed by atoms with van der Waals surface area (Å²) in [6, 6.07) is 28.6. The van der Waals surface area contributed by atoms with Crippen LogP contribution in [-0.4, -0.2) is 58.7 Å². The lowest BCUT2D eigenvalue weighted by molar-refractivity contribution is -0.137. The Morgan fingerprint density at radius 1 is 0.684 bits per heavy atom. The summed E-state index contributed by atoms with van der Waals surface area (Å²) in [6.45, 7) is 9.61. The first kappa shape index (κ1) is 38.7. The fourth-order valence-corrected chi connectivity index (χ4v) is 8.30. The SMILES string of the molecule is CC(c1ccc2c(c1)CCN(Cc1ccc(OCC3CC3)cc1)C2)N(C(=O)CCC(N)=O)C(C)c1ccc2c(c1)CCN(C(=O)c1ccc(OCC3CC3)cc1)C2. The zero-order chi connectivity index (χ0) is 39.5. The fourth-order valence-electron chi connectivity index (χ4n) is 8.30. The summed E-state index contributed by atoms with van der Waals surface area (Å²) < 4.78 is 11.8. The van der Waals surface area contributed by atoms with Crippen LogP contribution >= 0.6 is 0 Å². The third-order valence-corrected chi connectivity index (χ3v) is 12.3. The summed E-state index contributed by atoms with van der Waals surface area (Å²) in [5.74, 6) is 2.61.